The molecule has 0 aromatic rings. The van der Waals surface area contributed by atoms with Gasteiger partial charge in [-0.3, -0.25) is 4.66 Å². The van der Waals surface area contributed by atoms with Crippen molar-refractivity contribution < 1.29 is 4.43 Å². The lowest BCUT2D eigenvalue weighted by Crippen LogP contribution is -2.30. The lowest BCUT2D eigenvalue weighted by molar-refractivity contribution is 0.558. The molecule has 0 aliphatic rings. The molecule has 0 atom stereocenters. The summed E-state index contributed by atoms with van der Waals surface area (Å²) in [7, 11) is -2.95. The van der Waals surface area contributed by atoms with E-state index in [2.05, 4.69) is 50.5 Å². The quantitative estimate of drug-likeness (QED) is 0.402. The number of nitrogens with zero attached hydrogens (tertiary/aromatic N) is 1. The Morgan fingerprint density at radius 1 is 1.15 bits per heavy atom. The van der Waals surface area contributed by atoms with Gasteiger partial charge in [0.15, 0.2) is 14.1 Å². The van der Waals surface area contributed by atoms with Crippen LogP contribution in [0.2, 0.25) is 39.3 Å². The van der Waals surface area contributed by atoms with E-state index >= 15 is 0 Å². The highest BCUT2D eigenvalue weighted by atomic mass is 28.4. The van der Waals surface area contributed by atoms with E-state index < -0.39 is 16.6 Å². The van der Waals surface area contributed by atoms with Gasteiger partial charge in [-0.15, -0.1) is 0 Å². The highest BCUT2D eigenvalue weighted by Gasteiger charge is 2.19. The summed E-state index contributed by atoms with van der Waals surface area (Å²) < 4.78 is 10.3. The highest BCUT2D eigenvalue weighted by Crippen LogP contribution is 2.08. The van der Waals surface area contributed by atoms with Crippen LogP contribution in [-0.4, -0.2) is 22.5 Å². The van der Waals surface area contributed by atoms with Gasteiger partial charge < -0.3 is 4.43 Å². The van der Waals surface area contributed by atoms with Gasteiger partial charge in [-0.25, -0.2) is 0 Å². The van der Waals surface area contributed by atoms with E-state index in [9.17, 15) is 0 Å². The number of rotatable bonds is 3. The van der Waals surface area contributed by atoms with Crippen molar-refractivity contribution in [2.75, 3.05) is 0 Å². The van der Waals surface area contributed by atoms with Crippen LogP contribution in [0.1, 0.15) is 0 Å². The normalized spacial score (nSPS) is 14.2. The highest BCUT2D eigenvalue weighted by molar-refractivity contribution is 6.76. The number of hydrogen-bond acceptors (Lipinski definition) is 2. The van der Waals surface area contributed by atoms with Gasteiger partial charge in [-0.2, -0.15) is 0 Å². The maximum atomic E-state index is 5.77. The molecule has 0 aliphatic carbocycles. The molecule has 0 saturated heterocycles. The van der Waals surface area contributed by atoms with Crippen LogP contribution in [0.25, 0.3) is 0 Å². The fraction of sp³-hybridized carbons (Fsp3) is 0.667. The maximum absolute atomic E-state index is 5.77. The Morgan fingerprint density at radius 2 is 1.62 bits per heavy atom. The van der Waals surface area contributed by atoms with E-state index in [0.717, 1.165) is 5.90 Å². The van der Waals surface area contributed by atoms with Gasteiger partial charge in [0.2, 0.25) is 8.32 Å². The standard InChI is InChI=1S/C9H21NOSi2/c1-8-9(10-12(2,3)4)11-13(5,6)7/h8H,1H2,2-7H3. The van der Waals surface area contributed by atoms with E-state index in [1.807, 2.05) is 0 Å². The topological polar surface area (TPSA) is 21.6 Å². The predicted molar refractivity (Wildman–Crippen MR) is 65.4 cm³/mol. The van der Waals surface area contributed by atoms with Crippen molar-refractivity contribution in [1.29, 1.82) is 0 Å². The molecule has 0 bridgehead atoms. The molecule has 2 nitrogen and oxygen atoms in total. The molecule has 0 N–H and O–H groups in total. The van der Waals surface area contributed by atoms with Gasteiger partial charge in [-0.05, 0) is 45.4 Å². The minimum atomic E-state index is -1.52. The molecule has 13 heavy (non-hydrogen) atoms. The summed E-state index contributed by atoms with van der Waals surface area (Å²) in [6.07, 6.45) is 1.72. The average molecular weight is 215 g/mol. The van der Waals surface area contributed by atoms with E-state index in [1.54, 1.807) is 6.08 Å². The lowest BCUT2D eigenvalue weighted by Gasteiger charge is -2.21. The third-order valence-corrected chi connectivity index (χ3v) is 2.74. The molecular formula is C9H21NOSi2. The summed E-state index contributed by atoms with van der Waals surface area (Å²) in [4.78, 5) is 0. The Labute approximate surface area is 83.9 Å². The zero-order valence-corrected chi connectivity index (χ0v) is 11.6. The van der Waals surface area contributed by atoms with Crippen LogP contribution in [0.3, 0.4) is 0 Å². The van der Waals surface area contributed by atoms with E-state index in [-0.39, 0.29) is 0 Å². The van der Waals surface area contributed by atoms with Crippen molar-refractivity contribution in [3.63, 3.8) is 0 Å². The molecule has 0 aromatic carbocycles. The molecule has 0 rings (SSSR count). The van der Waals surface area contributed by atoms with Crippen LogP contribution in [0.5, 0.6) is 0 Å². The third kappa shape index (κ3) is 7.99. The van der Waals surface area contributed by atoms with E-state index in [1.165, 1.54) is 0 Å². The zero-order chi connectivity index (χ0) is 10.7. The predicted octanol–water partition coefficient (Wildman–Crippen LogP) is 3.26. The third-order valence-electron chi connectivity index (χ3n) is 1.03. The molecule has 0 fully saturated rings. The second-order valence-corrected chi connectivity index (χ2v) is 14.0. The molecule has 0 amide bonds. The second-order valence-electron chi connectivity index (χ2n) is 5.04. The second kappa shape index (κ2) is 4.24. The van der Waals surface area contributed by atoms with Crippen LogP contribution in [0.4, 0.5) is 0 Å². The fourth-order valence-corrected chi connectivity index (χ4v) is 2.40. The average Bonchev–Trinajstić information content (AvgIpc) is 1.79. The van der Waals surface area contributed by atoms with Crippen molar-refractivity contribution in [2.45, 2.75) is 39.3 Å². The molecule has 76 valence electrons. The van der Waals surface area contributed by atoms with Gasteiger partial charge in [0, 0.05) is 0 Å². The van der Waals surface area contributed by atoms with Crippen molar-refractivity contribution in [3.05, 3.63) is 12.7 Å². The monoisotopic (exact) mass is 215 g/mol. The van der Waals surface area contributed by atoms with Crippen molar-refractivity contribution in [2.24, 2.45) is 4.66 Å². The van der Waals surface area contributed by atoms with Crippen molar-refractivity contribution >= 4 is 22.5 Å². The van der Waals surface area contributed by atoms with Crippen LogP contribution in [0, 0.1) is 0 Å². The minimum Gasteiger partial charge on any atom is -0.532 e. The Morgan fingerprint density at radius 3 is 1.85 bits per heavy atom. The Hall–Kier alpha value is -0.356. The lowest BCUT2D eigenvalue weighted by atomic mass is 10.7. The van der Waals surface area contributed by atoms with Crippen LogP contribution < -0.4 is 0 Å². The van der Waals surface area contributed by atoms with Crippen LogP contribution in [-0.2, 0) is 4.43 Å². The summed E-state index contributed by atoms with van der Waals surface area (Å²) >= 11 is 0. The fourth-order valence-electron chi connectivity index (χ4n) is 0.754. The summed E-state index contributed by atoms with van der Waals surface area (Å²) in [5.74, 6) is 0.735. The van der Waals surface area contributed by atoms with Gasteiger partial charge in [0.1, 0.15) is 0 Å². The Kier molecular flexibility index (Phi) is 4.12. The summed E-state index contributed by atoms with van der Waals surface area (Å²) in [6.45, 7) is 16.7. The van der Waals surface area contributed by atoms with Gasteiger partial charge in [0.05, 0.1) is 0 Å². The molecule has 0 unspecified atom stereocenters. The zero-order valence-electron chi connectivity index (χ0n) is 9.64. The van der Waals surface area contributed by atoms with Crippen LogP contribution >= 0.6 is 0 Å². The molecule has 0 spiro atoms. The first kappa shape index (κ1) is 12.6. The summed E-state index contributed by atoms with van der Waals surface area (Å²) in [5.41, 5.74) is 0. The van der Waals surface area contributed by atoms with E-state index in [4.69, 9.17) is 4.43 Å². The largest absolute Gasteiger partial charge is 0.532 e. The molecule has 0 aliphatic heterocycles. The van der Waals surface area contributed by atoms with Gasteiger partial charge in [-0.1, -0.05) is 6.58 Å². The Balaban J connectivity index is 4.54. The first-order valence-electron chi connectivity index (χ1n) is 4.55. The molecule has 4 heteroatoms. The smallest absolute Gasteiger partial charge is 0.244 e. The van der Waals surface area contributed by atoms with Gasteiger partial charge in [0.25, 0.3) is 0 Å². The Bertz CT molecular complexity index is 211. The van der Waals surface area contributed by atoms with E-state index in [0.29, 0.717) is 0 Å². The SMILES string of the molecule is C=CC(=N[Si](C)(C)C)O[Si](C)(C)C. The molecule has 0 aromatic heterocycles. The summed E-state index contributed by atoms with van der Waals surface area (Å²) in [6, 6.07) is 0. The maximum Gasteiger partial charge on any atom is 0.244 e. The molecule has 0 heterocycles. The van der Waals surface area contributed by atoms with Crippen molar-refractivity contribution in [1.82, 2.24) is 0 Å². The summed E-state index contributed by atoms with van der Waals surface area (Å²) in [5, 5.41) is 0. The first-order chi connectivity index (χ1) is 5.64. The molecular weight excluding hydrogens is 194 g/mol. The van der Waals surface area contributed by atoms with Crippen molar-refractivity contribution in [3.8, 4) is 0 Å². The van der Waals surface area contributed by atoms with Crippen LogP contribution in [0.15, 0.2) is 17.3 Å². The first-order valence-corrected chi connectivity index (χ1v) is 11.4. The number of hydrogen-bond donors (Lipinski definition) is 0. The minimum absolute atomic E-state index is 0.735. The molecule has 0 saturated carbocycles. The molecule has 0 radical (unpaired) electrons. The van der Waals surface area contributed by atoms with Gasteiger partial charge >= 0.3 is 0 Å².